The van der Waals surface area contributed by atoms with Gasteiger partial charge in [-0.05, 0) is 18.8 Å². The highest BCUT2D eigenvalue weighted by molar-refractivity contribution is 5.49. The molecule has 2 aliphatic carbocycles. The summed E-state index contributed by atoms with van der Waals surface area (Å²) >= 11 is 0. The van der Waals surface area contributed by atoms with Gasteiger partial charge in [0.15, 0.2) is 5.76 Å². The van der Waals surface area contributed by atoms with Gasteiger partial charge in [-0.1, -0.05) is 12.8 Å². The summed E-state index contributed by atoms with van der Waals surface area (Å²) in [6.07, 6.45) is 10.7. The second-order valence-corrected chi connectivity index (χ2v) is 6.63. The van der Waals surface area contributed by atoms with E-state index in [1.165, 1.54) is 37.9 Å². The van der Waals surface area contributed by atoms with Crippen LogP contribution in [-0.2, 0) is 4.74 Å². The highest BCUT2D eigenvalue weighted by Gasteiger charge is 2.32. The quantitative estimate of drug-likeness (QED) is 0.875. The summed E-state index contributed by atoms with van der Waals surface area (Å²) in [6, 6.07) is 1.34. The van der Waals surface area contributed by atoms with Crippen LogP contribution in [-0.4, -0.2) is 33.9 Å². The van der Waals surface area contributed by atoms with E-state index in [4.69, 9.17) is 14.0 Å². The Hall–Kier alpha value is -2.15. The molecule has 7 nitrogen and oxygen atoms in total. The van der Waals surface area contributed by atoms with Crippen LogP contribution >= 0.6 is 0 Å². The van der Waals surface area contributed by atoms with Crippen LogP contribution < -0.4 is 10.3 Å². The van der Waals surface area contributed by atoms with Crippen molar-refractivity contribution in [2.75, 3.05) is 6.61 Å². The zero-order valence-electron chi connectivity index (χ0n) is 13.4. The van der Waals surface area contributed by atoms with Gasteiger partial charge in [0.1, 0.15) is 11.8 Å². The largest absolute Gasteiger partial charge is 0.473 e. The molecule has 0 spiro atoms. The number of nitrogens with zero attached hydrogens (tertiary/aromatic N) is 2. The van der Waals surface area contributed by atoms with Gasteiger partial charge < -0.3 is 14.0 Å². The van der Waals surface area contributed by atoms with E-state index in [9.17, 15) is 4.79 Å². The fraction of sp³-hybridized carbons (Fsp3) is 0.588. The molecule has 2 saturated carbocycles. The minimum atomic E-state index is -0.301. The number of hydrogen-bond donors (Lipinski definition) is 1. The molecule has 128 valence electrons. The Kier molecular flexibility index (Phi) is 4.34. The van der Waals surface area contributed by atoms with E-state index in [2.05, 4.69) is 15.1 Å². The van der Waals surface area contributed by atoms with Crippen molar-refractivity contribution in [1.29, 1.82) is 0 Å². The van der Waals surface area contributed by atoms with Gasteiger partial charge in [-0.15, -0.1) is 0 Å². The van der Waals surface area contributed by atoms with Gasteiger partial charge in [0.05, 0.1) is 24.6 Å². The third-order valence-corrected chi connectivity index (χ3v) is 4.79. The van der Waals surface area contributed by atoms with E-state index in [1.54, 1.807) is 6.20 Å². The van der Waals surface area contributed by atoms with E-state index in [1.807, 2.05) is 0 Å². The lowest BCUT2D eigenvalue weighted by Gasteiger charge is -2.35. The highest BCUT2D eigenvalue weighted by atomic mass is 16.5. The number of aromatic amines is 1. The lowest BCUT2D eigenvalue weighted by Crippen LogP contribution is -2.40. The van der Waals surface area contributed by atoms with Gasteiger partial charge in [0.2, 0.25) is 5.88 Å². The maximum Gasteiger partial charge on any atom is 0.280 e. The molecule has 2 aromatic rings. The molecule has 0 radical (unpaired) electrons. The summed E-state index contributed by atoms with van der Waals surface area (Å²) in [4.78, 5) is 19.5. The minimum absolute atomic E-state index is 0.143. The fourth-order valence-corrected chi connectivity index (χ4v) is 3.28. The molecule has 2 aromatic heterocycles. The van der Waals surface area contributed by atoms with Crippen molar-refractivity contribution in [2.24, 2.45) is 5.92 Å². The topological polar surface area (TPSA) is 90.2 Å². The molecule has 4 rings (SSSR count). The van der Waals surface area contributed by atoms with Crippen LogP contribution in [0.5, 0.6) is 5.88 Å². The van der Waals surface area contributed by atoms with E-state index in [-0.39, 0.29) is 11.7 Å². The summed E-state index contributed by atoms with van der Waals surface area (Å²) in [7, 11) is 0. The second-order valence-electron chi connectivity index (χ2n) is 6.63. The molecule has 0 unspecified atom stereocenters. The normalized spacial score (nSPS) is 24.0. The molecule has 0 amide bonds. The first-order valence-corrected chi connectivity index (χ1v) is 8.55. The molecule has 0 aromatic carbocycles. The number of nitrogens with one attached hydrogen (secondary N) is 1. The van der Waals surface area contributed by atoms with Crippen LogP contribution in [0.1, 0.15) is 38.5 Å². The zero-order chi connectivity index (χ0) is 16.4. The van der Waals surface area contributed by atoms with Crippen LogP contribution in [0.3, 0.4) is 0 Å². The van der Waals surface area contributed by atoms with E-state index < -0.39 is 0 Å². The van der Waals surface area contributed by atoms with Crippen molar-refractivity contribution < 1.29 is 14.0 Å². The minimum Gasteiger partial charge on any atom is -0.473 e. The predicted molar refractivity (Wildman–Crippen MR) is 85.7 cm³/mol. The molecule has 2 aliphatic rings. The van der Waals surface area contributed by atoms with Crippen molar-refractivity contribution in [3.05, 3.63) is 28.8 Å². The molecule has 7 heteroatoms. The van der Waals surface area contributed by atoms with Gasteiger partial charge in [0.25, 0.3) is 5.56 Å². The molecular formula is C17H21N3O4. The second kappa shape index (κ2) is 6.76. The molecule has 0 bridgehead atoms. The van der Waals surface area contributed by atoms with Gasteiger partial charge in [-0.3, -0.25) is 4.79 Å². The summed E-state index contributed by atoms with van der Waals surface area (Å²) < 4.78 is 16.7. The van der Waals surface area contributed by atoms with Gasteiger partial charge >= 0.3 is 0 Å². The van der Waals surface area contributed by atoms with Gasteiger partial charge in [-0.2, -0.15) is 5.16 Å². The van der Waals surface area contributed by atoms with Crippen LogP contribution in [0.15, 0.2) is 27.8 Å². The standard InChI is InChI=1S/C17H21N3O4/c21-16-7-15(24-20-16)14-8-19-17(9-18-14)23-13-5-12(6-13)22-10-11-3-1-2-4-11/h7-9,11-13H,1-6,10H2,(H,20,21). The molecule has 2 fully saturated rings. The first-order valence-electron chi connectivity index (χ1n) is 8.55. The third-order valence-electron chi connectivity index (χ3n) is 4.79. The lowest BCUT2D eigenvalue weighted by atomic mass is 9.92. The summed E-state index contributed by atoms with van der Waals surface area (Å²) in [5, 5.41) is 2.23. The number of rotatable bonds is 6. The molecular weight excluding hydrogens is 310 g/mol. The Morgan fingerprint density at radius 2 is 2.00 bits per heavy atom. The smallest absolute Gasteiger partial charge is 0.280 e. The maximum atomic E-state index is 11.1. The van der Waals surface area contributed by atoms with Crippen LogP contribution in [0, 0.1) is 5.92 Å². The van der Waals surface area contributed by atoms with Crippen molar-refractivity contribution in [1.82, 2.24) is 15.1 Å². The van der Waals surface area contributed by atoms with E-state index in [0.717, 1.165) is 25.4 Å². The summed E-state index contributed by atoms with van der Waals surface area (Å²) in [5.74, 6) is 1.61. The molecule has 2 heterocycles. The van der Waals surface area contributed by atoms with Gasteiger partial charge in [-0.25, -0.2) is 9.97 Å². The van der Waals surface area contributed by atoms with Crippen LogP contribution in [0.2, 0.25) is 0 Å². The first kappa shape index (κ1) is 15.4. The SMILES string of the molecule is O=c1cc(-c2cnc(OC3CC(OCC4CCCC4)C3)cn2)o[nH]1. The predicted octanol–water partition coefficient (Wildman–Crippen LogP) is 2.54. The molecule has 24 heavy (non-hydrogen) atoms. The Labute approximate surface area is 139 Å². The highest BCUT2D eigenvalue weighted by Crippen LogP contribution is 2.30. The fourth-order valence-electron chi connectivity index (χ4n) is 3.28. The first-order chi connectivity index (χ1) is 11.8. The molecule has 1 N–H and O–H groups in total. The van der Waals surface area contributed by atoms with Crippen LogP contribution in [0.4, 0.5) is 0 Å². The van der Waals surface area contributed by atoms with Crippen molar-refractivity contribution in [3.8, 4) is 17.3 Å². The Balaban J connectivity index is 1.23. The van der Waals surface area contributed by atoms with Crippen molar-refractivity contribution in [2.45, 2.75) is 50.7 Å². The third kappa shape index (κ3) is 3.51. The maximum absolute atomic E-state index is 11.1. The van der Waals surface area contributed by atoms with E-state index in [0.29, 0.717) is 23.4 Å². The number of aromatic nitrogens is 3. The number of H-pyrrole nitrogens is 1. The zero-order valence-corrected chi connectivity index (χ0v) is 13.4. The van der Waals surface area contributed by atoms with Gasteiger partial charge in [0, 0.05) is 19.4 Å². The Morgan fingerprint density at radius 1 is 1.17 bits per heavy atom. The van der Waals surface area contributed by atoms with Crippen molar-refractivity contribution >= 4 is 0 Å². The average molecular weight is 331 g/mol. The monoisotopic (exact) mass is 331 g/mol. The Morgan fingerprint density at radius 3 is 2.67 bits per heavy atom. The number of hydrogen-bond acceptors (Lipinski definition) is 6. The van der Waals surface area contributed by atoms with Crippen molar-refractivity contribution in [3.63, 3.8) is 0 Å². The van der Waals surface area contributed by atoms with Crippen LogP contribution in [0.25, 0.3) is 11.5 Å². The Bertz CT molecular complexity index is 712. The molecule has 0 aliphatic heterocycles. The summed E-state index contributed by atoms with van der Waals surface area (Å²) in [6.45, 7) is 0.897. The average Bonchev–Trinajstić information content (AvgIpc) is 3.21. The lowest BCUT2D eigenvalue weighted by molar-refractivity contribution is -0.0717. The number of ether oxygens (including phenoxy) is 2. The molecule has 0 atom stereocenters. The summed E-state index contributed by atoms with van der Waals surface area (Å²) in [5.41, 5.74) is 0.192. The van der Waals surface area contributed by atoms with E-state index >= 15 is 0 Å². The molecule has 0 saturated heterocycles.